The molecular weight excluding hydrogens is 342 g/mol. The molecule has 0 saturated heterocycles. The van der Waals surface area contributed by atoms with E-state index in [-0.39, 0.29) is 17.4 Å². The standard InChI is InChI=1S/C20H15N5O2/c1-13(26)15-4-8-16(9-5-15)23-19(27)18-10-11-22-20(25-18)24-17-6-2-14(12-21)3-7-17/h2-11H,1H3,(H,23,27)(H,22,24,25). The molecule has 2 N–H and O–H groups in total. The number of carbonyl (C=O) groups excluding carboxylic acids is 2. The van der Waals surface area contributed by atoms with Gasteiger partial charge in [0.15, 0.2) is 5.78 Å². The van der Waals surface area contributed by atoms with Crippen molar-refractivity contribution in [1.29, 1.82) is 5.26 Å². The summed E-state index contributed by atoms with van der Waals surface area (Å²) < 4.78 is 0. The summed E-state index contributed by atoms with van der Waals surface area (Å²) in [6.07, 6.45) is 1.48. The average Bonchev–Trinajstić information content (AvgIpc) is 2.69. The third kappa shape index (κ3) is 4.52. The number of nitrogens with zero attached hydrogens (tertiary/aromatic N) is 3. The van der Waals surface area contributed by atoms with Crippen molar-refractivity contribution in [3.8, 4) is 6.07 Å². The Morgan fingerprint density at radius 2 is 1.63 bits per heavy atom. The van der Waals surface area contributed by atoms with E-state index in [0.717, 1.165) is 0 Å². The molecule has 7 heteroatoms. The molecule has 1 heterocycles. The number of anilines is 3. The Hall–Kier alpha value is -4.05. The fraction of sp³-hybridized carbons (Fsp3) is 0.0500. The maximum absolute atomic E-state index is 12.4. The molecule has 7 nitrogen and oxygen atoms in total. The molecule has 0 aliphatic heterocycles. The molecule has 2 aromatic carbocycles. The highest BCUT2D eigenvalue weighted by atomic mass is 16.2. The lowest BCUT2D eigenvalue weighted by molar-refractivity contribution is 0.101. The number of rotatable bonds is 5. The van der Waals surface area contributed by atoms with Crippen LogP contribution >= 0.6 is 0 Å². The molecule has 1 amide bonds. The van der Waals surface area contributed by atoms with Gasteiger partial charge >= 0.3 is 0 Å². The Bertz CT molecular complexity index is 1020. The van der Waals surface area contributed by atoms with Gasteiger partial charge in [-0.1, -0.05) is 0 Å². The quantitative estimate of drug-likeness (QED) is 0.676. The highest BCUT2D eigenvalue weighted by Crippen LogP contribution is 2.15. The van der Waals surface area contributed by atoms with E-state index in [4.69, 9.17) is 5.26 Å². The first-order chi connectivity index (χ1) is 13.0. The van der Waals surface area contributed by atoms with Crippen molar-refractivity contribution >= 4 is 29.0 Å². The first-order valence-corrected chi connectivity index (χ1v) is 8.08. The lowest BCUT2D eigenvalue weighted by Crippen LogP contribution is -2.14. The Balaban J connectivity index is 1.71. The molecular formula is C20H15N5O2. The second kappa shape index (κ2) is 7.89. The number of Topliss-reactive ketones (excluding diaryl/α,β-unsaturated/α-hetero) is 1. The van der Waals surface area contributed by atoms with Crippen LogP contribution in [0.15, 0.2) is 60.8 Å². The van der Waals surface area contributed by atoms with Gasteiger partial charge in [-0.2, -0.15) is 5.26 Å². The van der Waals surface area contributed by atoms with E-state index >= 15 is 0 Å². The van der Waals surface area contributed by atoms with Crippen LogP contribution in [0.4, 0.5) is 17.3 Å². The minimum atomic E-state index is -0.393. The van der Waals surface area contributed by atoms with Crippen molar-refractivity contribution in [2.45, 2.75) is 6.92 Å². The van der Waals surface area contributed by atoms with Gasteiger partial charge in [0.25, 0.3) is 5.91 Å². The van der Waals surface area contributed by atoms with E-state index < -0.39 is 5.91 Å². The number of amides is 1. The largest absolute Gasteiger partial charge is 0.324 e. The molecule has 0 aliphatic rings. The topological polar surface area (TPSA) is 108 Å². The second-order valence-corrected chi connectivity index (χ2v) is 5.67. The maximum atomic E-state index is 12.4. The first-order valence-electron chi connectivity index (χ1n) is 8.08. The maximum Gasteiger partial charge on any atom is 0.274 e. The number of hydrogen-bond acceptors (Lipinski definition) is 6. The van der Waals surface area contributed by atoms with Crippen molar-refractivity contribution in [3.05, 3.63) is 77.6 Å². The van der Waals surface area contributed by atoms with Crippen LogP contribution in [0, 0.1) is 11.3 Å². The minimum Gasteiger partial charge on any atom is -0.324 e. The molecule has 0 radical (unpaired) electrons. The van der Waals surface area contributed by atoms with Crippen LogP contribution in [0.2, 0.25) is 0 Å². The molecule has 0 atom stereocenters. The fourth-order valence-electron chi connectivity index (χ4n) is 2.29. The number of carbonyl (C=O) groups is 2. The lowest BCUT2D eigenvalue weighted by Gasteiger charge is -2.08. The van der Waals surface area contributed by atoms with Gasteiger partial charge < -0.3 is 10.6 Å². The fourth-order valence-corrected chi connectivity index (χ4v) is 2.29. The Labute approximate surface area is 155 Å². The van der Waals surface area contributed by atoms with E-state index in [1.54, 1.807) is 48.5 Å². The summed E-state index contributed by atoms with van der Waals surface area (Å²) in [5.41, 5.74) is 2.57. The molecule has 0 spiro atoms. The van der Waals surface area contributed by atoms with Crippen LogP contribution < -0.4 is 10.6 Å². The van der Waals surface area contributed by atoms with E-state index in [0.29, 0.717) is 22.5 Å². The van der Waals surface area contributed by atoms with Crippen LogP contribution in [0.5, 0.6) is 0 Å². The van der Waals surface area contributed by atoms with Crippen LogP contribution in [-0.4, -0.2) is 21.7 Å². The average molecular weight is 357 g/mol. The second-order valence-electron chi connectivity index (χ2n) is 5.67. The molecule has 3 rings (SSSR count). The highest BCUT2D eigenvalue weighted by molar-refractivity contribution is 6.03. The predicted molar refractivity (Wildman–Crippen MR) is 101 cm³/mol. The van der Waals surface area contributed by atoms with Crippen LogP contribution in [0.25, 0.3) is 0 Å². The Morgan fingerprint density at radius 1 is 0.963 bits per heavy atom. The third-order valence-corrected chi connectivity index (χ3v) is 3.71. The monoisotopic (exact) mass is 357 g/mol. The number of aromatic nitrogens is 2. The molecule has 27 heavy (non-hydrogen) atoms. The summed E-state index contributed by atoms with van der Waals surface area (Å²) in [4.78, 5) is 32.0. The summed E-state index contributed by atoms with van der Waals surface area (Å²) in [5, 5.41) is 14.5. The van der Waals surface area contributed by atoms with Gasteiger partial charge in [-0.25, -0.2) is 9.97 Å². The number of nitriles is 1. The van der Waals surface area contributed by atoms with Gasteiger partial charge in [0.2, 0.25) is 5.95 Å². The van der Waals surface area contributed by atoms with Crippen LogP contribution in [0.3, 0.4) is 0 Å². The lowest BCUT2D eigenvalue weighted by atomic mass is 10.1. The zero-order valence-electron chi connectivity index (χ0n) is 14.4. The van der Waals surface area contributed by atoms with E-state index in [9.17, 15) is 9.59 Å². The molecule has 1 aromatic heterocycles. The van der Waals surface area contributed by atoms with Crippen molar-refractivity contribution < 1.29 is 9.59 Å². The van der Waals surface area contributed by atoms with Gasteiger partial charge in [-0.3, -0.25) is 9.59 Å². The SMILES string of the molecule is CC(=O)c1ccc(NC(=O)c2ccnc(Nc3ccc(C#N)cc3)n2)cc1. The molecule has 132 valence electrons. The van der Waals surface area contributed by atoms with Crippen molar-refractivity contribution in [3.63, 3.8) is 0 Å². The van der Waals surface area contributed by atoms with Gasteiger partial charge in [-0.15, -0.1) is 0 Å². The molecule has 0 unspecified atom stereocenters. The minimum absolute atomic E-state index is 0.0396. The molecule has 0 aliphatic carbocycles. The van der Waals surface area contributed by atoms with Crippen molar-refractivity contribution in [2.24, 2.45) is 0 Å². The summed E-state index contributed by atoms with van der Waals surface area (Å²) in [7, 11) is 0. The molecule has 0 bridgehead atoms. The van der Waals surface area contributed by atoms with Crippen LogP contribution in [-0.2, 0) is 0 Å². The Morgan fingerprint density at radius 3 is 2.26 bits per heavy atom. The molecule has 0 saturated carbocycles. The van der Waals surface area contributed by atoms with Gasteiger partial charge in [0, 0.05) is 23.1 Å². The number of hydrogen-bond donors (Lipinski definition) is 2. The van der Waals surface area contributed by atoms with E-state index in [1.165, 1.54) is 19.2 Å². The van der Waals surface area contributed by atoms with Crippen LogP contribution in [0.1, 0.15) is 33.3 Å². The third-order valence-electron chi connectivity index (χ3n) is 3.71. The predicted octanol–water partition coefficient (Wildman–Crippen LogP) is 3.55. The van der Waals surface area contributed by atoms with Crippen molar-refractivity contribution in [1.82, 2.24) is 9.97 Å². The zero-order valence-corrected chi connectivity index (χ0v) is 14.4. The smallest absolute Gasteiger partial charge is 0.274 e. The van der Waals surface area contributed by atoms with Crippen molar-refractivity contribution in [2.75, 3.05) is 10.6 Å². The van der Waals surface area contributed by atoms with E-state index in [1.807, 2.05) is 6.07 Å². The summed E-state index contributed by atoms with van der Waals surface area (Å²) in [6.45, 7) is 1.48. The molecule has 0 fully saturated rings. The van der Waals surface area contributed by atoms with Gasteiger partial charge in [0.05, 0.1) is 11.6 Å². The normalized spacial score (nSPS) is 9.93. The number of benzene rings is 2. The highest BCUT2D eigenvalue weighted by Gasteiger charge is 2.10. The first kappa shape index (κ1) is 17.8. The zero-order chi connectivity index (χ0) is 19.2. The number of nitrogens with one attached hydrogen (secondary N) is 2. The summed E-state index contributed by atoms with van der Waals surface area (Å²) >= 11 is 0. The summed E-state index contributed by atoms with van der Waals surface area (Å²) in [5.74, 6) is -0.169. The number of ketones is 1. The van der Waals surface area contributed by atoms with Gasteiger partial charge in [-0.05, 0) is 61.5 Å². The van der Waals surface area contributed by atoms with Gasteiger partial charge in [0.1, 0.15) is 5.69 Å². The summed E-state index contributed by atoms with van der Waals surface area (Å²) in [6, 6.07) is 17.0. The Kier molecular flexibility index (Phi) is 5.19. The van der Waals surface area contributed by atoms with E-state index in [2.05, 4.69) is 20.6 Å². The molecule has 3 aromatic rings.